The van der Waals surface area contributed by atoms with Gasteiger partial charge in [-0.1, -0.05) is 48.5 Å². The second-order valence-electron chi connectivity index (χ2n) is 4.32. The van der Waals surface area contributed by atoms with E-state index in [1.54, 1.807) is 7.11 Å². The Morgan fingerprint density at radius 2 is 1.68 bits per heavy atom. The lowest BCUT2D eigenvalue weighted by atomic mass is 10.0. The van der Waals surface area contributed by atoms with Gasteiger partial charge in [-0.05, 0) is 28.1 Å². The summed E-state index contributed by atoms with van der Waals surface area (Å²) in [5.74, 6) is -0.0910. The van der Waals surface area contributed by atoms with Gasteiger partial charge >= 0.3 is 0 Å². The molecule has 0 saturated carbocycles. The SMILES string of the molecule is COC1(c2ccccc2)Oc2ccccc2C=C1Br. The van der Waals surface area contributed by atoms with Crippen LogP contribution in [0.1, 0.15) is 11.1 Å². The van der Waals surface area contributed by atoms with Crippen LogP contribution in [0.5, 0.6) is 5.75 Å². The van der Waals surface area contributed by atoms with E-state index < -0.39 is 5.79 Å². The molecule has 1 aliphatic heterocycles. The van der Waals surface area contributed by atoms with Crippen LogP contribution in [-0.4, -0.2) is 7.11 Å². The number of rotatable bonds is 2. The number of hydrogen-bond donors (Lipinski definition) is 0. The predicted molar refractivity (Wildman–Crippen MR) is 79.1 cm³/mol. The van der Waals surface area contributed by atoms with Gasteiger partial charge in [0.15, 0.2) is 0 Å². The van der Waals surface area contributed by atoms with E-state index >= 15 is 0 Å². The summed E-state index contributed by atoms with van der Waals surface area (Å²) in [7, 11) is 1.65. The molecule has 0 bridgehead atoms. The van der Waals surface area contributed by atoms with E-state index in [1.807, 2.05) is 60.7 Å². The Balaban J connectivity index is 2.15. The second-order valence-corrected chi connectivity index (χ2v) is 5.17. The zero-order valence-corrected chi connectivity index (χ0v) is 12.1. The fourth-order valence-corrected chi connectivity index (χ4v) is 2.96. The van der Waals surface area contributed by atoms with Gasteiger partial charge < -0.3 is 9.47 Å². The van der Waals surface area contributed by atoms with Crippen LogP contribution in [0.2, 0.25) is 0 Å². The Labute approximate surface area is 120 Å². The first kappa shape index (κ1) is 12.5. The molecule has 3 heteroatoms. The highest BCUT2D eigenvalue weighted by Gasteiger charge is 2.41. The third-order valence-electron chi connectivity index (χ3n) is 3.21. The normalized spacial score (nSPS) is 21.3. The summed E-state index contributed by atoms with van der Waals surface area (Å²) in [5, 5.41) is 0. The number of benzene rings is 2. The number of methoxy groups -OCH3 is 1. The first-order valence-corrected chi connectivity index (χ1v) is 6.82. The van der Waals surface area contributed by atoms with E-state index in [-0.39, 0.29) is 0 Å². The molecular formula is C16H13BrO2. The highest BCUT2D eigenvalue weighted by atomic mass is 79.9. The molecule has 1 aliphatic rings. The molecule has 2 aromatic carbocycles. The van der Waals surface area contributed by atoms with Crippen LogP contribution in [0.15, 0.2) is 59.1 Å². The molecule has 2 aromatic rings. The fourth-order valence-electron chi connectivity index (χ4n) is 2.24. The van der Waals surface area contributed by atoms with Crippen molar-refractivity contribution < 1.29 is 9.47 Å². The molecule has 3 rings (SSSR count). The number of hydrogen-bond acceptors (Lipinski definition) is 2. The summed E-state index contributed by atoms with van der Waals surface area (Å²) in [6.07, 6.45) is 2.04. The van der Waals surface area contributed by atoms with E-state index in [2.05, 4.69) is 15.9 Å². The molecule has 0 N–H and O–H groups in total. The first-order chi connectivity index (χ1) is 9.26. The van der Waals surface area contributed by atoms with Gasteiger partial charge in [0.2, 0.25) is 0 Å². The van der Waals surface area contributed by atoms with Crippen molar-refractivity contribution in [3.05, 3.63) is 70.2 Å². The minimum atomic E-state index is -0.907. The number of halogens is 1. The molecule has 0 aliphatic carbocycles. The van der Waals surface area contributed by atoms with Gasteiger partial charge in [0.25, 0.3) is 5.79 Å². The van der Waals surface area contributed by atoms with Gasteiger partial charge in [-0.3, -0.25) is 0 Å². The van der Waals surface area contributed by atoms with Crippen LogP contribution in [0.3, 0.4) is 0 Å². The molecule has 0 saturated heterocycles. The molecule has 96 valence electrons. The van der Waals surface area contributed by atoms with E-state index in [4.69, 9.17) is 9.47 Å². The Bertz CT molecular complexity index is 622. The molecule has 1 unspecified atom stereocenters. The molecule has 0 fully saturated rings. The third-order valence-corrected chi connectivity index (χ3v) is 3.96. The second kappa shape index (κ2) is 4.83. The van der Waals surface area contributed by atoms with Gasteiger partial charge in [0.1, 0.15) is 5.75 Å². The highest BCUT2D eigenvalue weighted by Crippen LogP contribution is 2.44. The summed E-state index contributed by atoms with van der Waals surface area (Å²) in [6, 6.07) is 17.8. The lowest BCUT2D eigenvalue weighted by Crippen LogP contribution is -2.37. The van der Waals surface area contributed by atoms with Crippen LogP contribution in [0.25, 0.3) is 6.08 Å². The lowest BCUT2D eigenvalue weighted by molar-refractivity contribution is -0.135. The molecule has 1 heterocycles. The van der Waals surface area contributed by atoms with Crippen LogP contribution >= 0.6 is 15.9 Å². The highest BCUT2D eigenvalue weighted by molar-refractivity contribution is 9.11. The summed E-state index contributed by atoms with van der Waals surface area (Å²) in [4.78, 5) is 0. The number of para-hydroxylation sites is 1. The van der Waals surface area contributed by atoms with Crippen LogP contribution in [0.4, 0.5) is 0 Å². The van der Waals surface area contributed by atoms with Crippen LogP contribution < -0.4 is 4.74 Å². The number of ether oxygens (including phenoxy) is 2. The molecule has 0 radical (unpaired) electrons. The molecule has 1 atom stereocenters. The van der Waals surface area contributed by atoms with Crippen molar-refractivity contribution in [3.63, 3.8) is 0 Å². The molecule has 0 spiro atoms. The van der Waals surface area contributed by atoms with Gasteiger partial charge in [0, 0.05) is 18.2 Å². The van der Waals surface area contributed by atoms with Crippen molar-refractivity contribution in [3.8, 4) is 5.75 Å². The maximum absolute atomic E-state index is 6.13. The van der Waals surface area contributed by atoms with Crippen molar-refractivity contribution in [1.29, 1.82) is 0 Å². The third kappa shape index (κ3) is 1.99. The molecule has 19 heavy (non-hydrogen) atoms. The van der Waals surface area contributed by atoms with Crippen molar-refractivity contribution in [2.45, 2.75) is 5.79 Å². The maximum Gasteiger partial charge on any atom is 0.270 e. The summed E-state index contributed by atoms with van der Waals surface area (Å²) in [5.41, 5.74) is 1.99. The summed E-state index contributed by atoms with van der Waals surface area (Å²) < 4.78 is 12.7. The Kier molecular flexibility index (Phi) is 3.17. The van der Waals surface area contributed by atoms with Crippen molar-refractivity contribution >= 4 is 22.0 Å². The van der Waals surface area contributed by atoms with E-state index in [1.165, 1.54) is 0 Å². The largest absolute Gasteiger partial charge is 0.452 e. The van der Waals surface area contributed by atoms with Crippen molar-refractivity contribution in [2.24, 2.45) is 0 Å². The molecule has 0 amide bonds. The molecule has 0 aromatic heterocycles. The van der Waals surface area contributed by atoms with Gasteiger partial charge in [-0.25, -0.2) is 0 Å². The zero-order chi connectivity index (χ0) is 13.3. The van der Waals surface area contributed by atoms with Crippen LogP contribution in [0, 0.1) is 0 Å². The summed E-state index contributed by atoms with van der Waals surface area (Å²) >= 11 is 3.59. The minimum Gasteiger partial charge on any atom is -0.452 e. The number of fused-ring (bicyclic) bond motifs is 1. The van der Waals surface area contributed by atoms with Gasteiger partial charge in [0.05, 0.1) is 4.48 Å². The van der Waals surface area contributed by atoms with E-state index in [0.29, 0.717) is 0 Å². The Morgan fingerprint density at radius 3 is 2.42 bits per heavy atom. The predicted octanol–water partition coefficient (Wildman–Crippen LogP) is 4.31. The van der Waals surface area contributed by atoms with Crippen molar-refractivity contribution in [2.75, 3.05) is 7.11 Å². The Morgan fingerprint density at radius 1 is 1.00 bits per heavy atom. The average Bonchev–Trinajstić information content (AvgIpc) is 2.47. The monoisotopic (exact) mass is 316 g/mol. The zero-order valence-electron chi connectivity index (χ0n) is 10.5. The first-order valence-electron chi connectivity index (χ1n) is 6.02. The minimum absolute atomic E-state index is 0.816. The summed E-state index contributed by atoms with van der Waals surface area (Å²) in [6.45, 7) is 0. The van der Waals surface area contributed by atoms with Gasteiger partial charge in [-0.2, -0.15) is 0 Å². The molecule has 2 nitrogen and oxygen atoms in total. The quantitative estimate of drug-likeness (QED) is 0.821. The van der Waals surface area contributed by atoms with Crippen LogP contribution in [-0.2, 0) is 10.5 Å². The van der Waals surface area contributed by atoms with Crippen molar-refractivity contribution in [1.82, 2.24) is 0 Å². The van der Waals surface area contributed by atoms with Gasteiger partial charge in [-0.15, -0.1) is 0 Å². The Hall–Kier alpha value is -1.58. The smallest absolute Gasteiger partial charge is 0.270 e. The average molecular weight is 317 g/mol. The topological polar surface area (TPSA) is 18.5 Å². The maximum atomic E-state index is 6.13. The van der Waals surface area contributed by atoms with E-state index in [0.717, 1.165) is 21.4 Å². The standard InChI is InChI=1S/C16H13BrO2/c1-18-16(13-8-3-2-4-9-13)15(17)11-12-7-5-6-10-14(12)19-16/h2-11H,1H3. The van der Waals surface area contributed by atoms with E-state index in [9.17, 15) is 0 Å². The molecular weight excluding hydrogens is 304 g/mol. The lowest BCUT2D eigenvalue weighted by Gasteiger charge is -2.36. The fraction of sp³-hybridized carbons (Fsp3) is 0.125.